The maximum Gasteiger partial charge on any atom is 0.224 e. The molecule has 2 rings (SSSR count). The van der Waals surface area contributed by atoms with Crippen LogP contribution < -0.4 is 5.32 Å². The largest absolute Gasteiger partial charge is 0.326 e. The zero-order valence-corrected chi connectivity index (χ0v) is 12.6. The first-order valence-electron chi connectivity index (χ1n) is 6.35. The maximum absolute atomic E-state index is 11.9. The van der Waals surface area contributed by atoms with Crippen LogP contribution in [0.25, 0.3) is 0 Å². The van der Waals surface area contributed by atoms with Crippen molar-refractivity contribution >= 4 is 34.8 Å². The number of carbonyl (C=O) groups is 1. The molecule has 104 valence electrons. The summed E-state index contributed by atoms with van der Waals surface area (Å²) >= 11 is 12.2. The van der Waals surface area contributed by atoms with Gasteiger partial charge in [0, 0.05) is 22.2 Å². The number of halogens is 2. The molecular weight excluding hydrogens is 293 g/mol. The van der Waals surface area contributed by atoms with Crippen LogP contribution in [0.2, 0.25) is 10.0 Å². The van der Waals surface area contributed by atoms with Crippen LogP contribution in [-0.4, -0.2) is 5.91 Å². The highest BCUT2D eigenvalue weighted by molar-refractivity contribution is 6.36. The van der Waals surface area contributed by atoms with Crippen molar-refractivity contribution in [1.29, 1.82) is 0 Å². The highest BCUT2D eigenvalue weighted by Crippen LogP contribution is 2.25. The molecule has 0 heterocycles. The number of nitrogens with one attached hydrogen (secondary N) is 1. The SMILES string of the molecule is Cc1cccc(NC(=O)CCc2c(Cl)cccc2Cl)c1. The molecular formula is C16H15Cl2NO. The van der Waals surface area contributed by atoms with E-state index in [1.54, 1.807) is 18.2 Å². The van der Waals surface area contributed by atoms with Gasteiger partial charge in [0.05, 0.1) is 0 Å². The molecule has 0 unspecified atom stereocenters. The topological polar surface area (TPSA) is 29.1 Å². The number of benzene rings is 2. The Morgan fingerprint density at radius 3 is 2.40 bits per heavy atom. The van der Waals surface area contributed by atoms with E-state index in [1.165, 1.54) is 0 Å². The smallest absolute Gasteiger partial charge is 0.224 e. The number of carbonyl (C=O) groups excluding carboxylic acids is 1. The number of aryl methyl sites for hydroxylation is 1. The Morgan fingerprint density at radius 1 is 1.10 bits per heavy atom. The highest BCUT2D eigenvalue weighted by Gasteiger charge is 2.08. The molecule has 0 aromatic heterocycles. The summed E-state index contributed by atoms with van der Waals surface area (Å²) in [6.07, 6.45) is 0.869. The van der Waals surface area contributed by atoms with Gasteiger partial charge >= 0.3 is 0 Å². The molecule has 0 saturated heterocycles. The molecule has 0 atom stereocenters. The summed E-state index contributed by atoms with van der Waals surface area (Å²) in [5.41, 5.74) is 2.73. The Labute approximate surface area is 128 Å². The second kappa shape index (κ2) is 6.78. The van der Waals surface area contributed by atoms with E-state index in [4.69, 9.17) is 23.2 Å². The van der Waals surface area contributed by atoms with Crippen LogP contribution in [0.5, 0.6) is 0 Å². The van der Waals surface area contributed by atoms with Gasteiger partial charge in [0.2, 0.25) is 5.91 Å². The van der Waals surface area contributed by atoms with Crippen molar-refractivity contribution in [3.8, 4) is 0 Å². The summed E-state index contributed by atoms with van der Waals surface area (Å²) in [5, 5.41) is 4.06. The molecule has 1 N–H and O–H groups in total. The van der Waals surface area contributed by atoms with E-state index >= 15 is 0 Å². The predicted octanol–water partition coefficient (Wildman–Crippen LogP) is 4.87. The third kappa shape index (κ3) is 3.99. The molecule has 2 aromatic carbocycles. The standard InChI is InChI=1S/C16H15Cl2NO/c1-11-4-2-5-12(10-11)19-16(20)9-8-13-14(17)6-3-7-15(13)18/h2-7,10H,8-9H2,1H3,(H,19,20). The van der Waals surface area contributed by atoms with Gasteiger partial charge in [-0.1, -0.05) is 41.4 Å². The first-order chi connectivity index (χ1) is 9.56. The summed E-state index contributed by atoms with van der Waals surface area (Å²) in [6, 6.07) is 13.0. The van der Waals surface area contributed by atoms with Crippen molar-refractivity contribution in [3.05, 3.63) is 63.6 Å². The number of hydrogen-bond acceptors (Lipinski definition) is 1. The van der Waals surface area contributed by atoms with E-state index in [-0.39, 0.29) is 5.91 Å². The van der Waals surface area contributed by atoms with Crippen LogP contribution in [0.4, 0.5) is 5.69 Å². The van der Waals surface area contributed by atoms with Crippen LogP contribution in [0.3, 0.4) is 0 Å². The van der Waals surface area contributed by atoms with Crippen molar-refractivity contribution in [1.82, 2.24) is 0 Å². The van der Waals surface area contributed by atoms with Crippen molar-refractivity contribution in [2.75, 3.05) is 5.32 Å². The average Bonchev–Trinajstić information content (AvgIpc) is 2.38. The zero-order valence-electron chi connectivity index (χ0n) is 11.1. The third-order valence-electron chi connectivity index (χ3n) is 2.97. The second-order valence-corrected chi connectivity index (χ2v) is 5.43. The van der Waals surface area contributed by atoms with Gasteiger partial charge in [-0.05, 0) is 48.7 Å². The molecule has 0 aliphatic carbocycles. The Balaban J connectivity index is 1.96. The Morgan fingerprint density at radius 2 is 1.75 bits per heavy atom. The quantitative estimate of drug-likeness (QED) is 0.857. The normalized spacial score (nSPS) is 10.3. The van der Waals surface area contributed by atoms with Crippen LogP contribution in [0.15, 0.2) is 42.5 Å². The summed E-state index contributed by atoms with van der Waals surface area (Å²) in [6.45, 7) is 1.99. The van der Waals surface area contributed by atoms with Crippen molar-refractivity contribution < 1.29 is 4.79 Å². The monoisotopic (exact) mass is 307 g/mol. The molecule has 0 aliphatic heterocycles. The number of hydrogen-bond donors (Lipinski definition) is 1. The van der Waals surface area contributed by atoms with Crippen molar-refractivity contribution in [3.63, 3.8) is 0 Å². The van der Waals surface area contributed by atoms with Crippen LogP contribution in [-0.2, 0) is 11.2 Å². The fraction of sp³-hybridized carbons (Fsp3) is 0.188. The average molecular weight is 308 g/mol. The molecule has 0 saturated carbocycles. The third-order valence-corrected chi connectivity index (χ3v) is 3.67. The molecule has 20 heavy (non-hydrogen) atoms. The summed E-state index contributed by atoms with van der Waals surface area (Å²) in [7, 11) is 0. The minimum absolute atomic E-state index is 0.0495. The molecule has 4 heteroatoms. The minimum Gasteiger partial charge on any atom is -0.326 e. The predicted molar refractivity (Wildman–Crippen MR) is 84.6 cm³/mol. The maximum atomic E-state index is 11.9. The molecule has 2 aromatic rings. The van der Waals surface area contributed by atoms with Crippen LogP contribution in [0, 0.1) is 6.92 Å². The van der Waals surface area contributed by atoms with Gasteiger partial charge in [0.25, 0.3) is 0 Å². The van der Waals surface area contributed by atoms with Gasteiger partial charge in [-0.2, -0.15) is 0 Å². The number of rotatable bonds is 4. The lowest BCUT2D eigenvalue weighted by Crippen LogP contribution is -2.12. The van der Waals surface area contributed by atoms with Gasteiger partial charge in [-0.25, -0.2) is 0 Å². The number of anilines is 1. The van der Waals surface area contributed by atoms with Crippen LogP contribution in [0.1, 0.15) is 17.5 Å². The van der Waals surface area contributed by atoms with Gasteiger partial charge < -0.3 is 5.32 Å². The lowest BCUT2D eigenvalue weighted by atomic mass is 10.1. The Kier molecular flexibility index (Phi) is 5.05. The van der Waals surface area contributed by atoms with E-state index in [9.17, 15) is 4.79 Å². The highest BCUT2D eigenvalue weighted by atomic mass is 35.5. The fourth-order valence-corrected chi connectivity index (χ4v) is 2.54. The van der Waals surface area contributed by atoms with Gasteiger partial charge in [0.15, 0.2) is 0 Å². The van der Waals surface area contributed by atoms with Crippen LogP contribution >= 0.6 is 23.2 Å². The fourth-order valence-electron chi connectivity index (χ4n) is 1.96. The van der Waals surface area contributed by atoms with E-state index in [0.717, 1.165) is 16.8 Å². The molecule has 0 aliphatic rings. The lowest BCUT2D eigenvalue weighted by Gasteiger charge is -2.08. The van der Waals surface area contributed by atoms with Gasteiger partial charge in [-0.15, -0.1) is 0 Å². The van der Waals surface area contributed by atoms with E-state index < -0.39 is 0 Å². The van der Waals surface area contributed by atoms with E-state index in [2.05, 4.69) is 5.32 Å². The Bertz CT molecular complexity index is 605. The van der Waals surface area contributed by atoms with Crippen molar-refractivity contribution in [2.24, 2.45) is 0 Å². The zero-order chi connectivity index (χ0) is 14.5. The number of amides is 1. The first-order valence-corrected chi connectivity index (χ1v) is 7.11. The minimum atomic E-state index is -0.0495. The summed E-state index contributed by atoms with van der Waals surface area (Å²) in [5.74, 6) is -0.0495. The van der Waals surface area contributed by atoms with E-state index in [0.29, 0.717) is 22.9 Å². The first kappa shape index (κ1) is 14.9. The molecule has 1 amide bonds. The second-order valence-electron chi connectivity index (χ2n) is 4.62. The molecule has 0 bridgehead atoms. The molecule has 0 radical (unpaired) electrons. The van der Waals surface area contributed by atoms with E-state index in [1.807, 2.05) is 31.2 Å². The van der Waals surface area contributed by atoms with Gasteiger partial charge in [0.1, 0.15) is 0 Å². The van der Waals surface area contributed by atoms with Gasteiger partial charge in [-0.3, -0.25) is 4.79 Å². The lowest BCUT2D eigenvalue weighted by molar-refractivity contribution is -0.116. The van der Waals surface area contributed by atoms with Crippen molar-refractivity contribution in [2.45, 2.75) is 19.8 Å². The molecule has 2 nitrogen and oxygen atoms in total. The summed E-state index contributed by atoms with van der Waals surface area (Å²) in [4.78, 5) is 11.9. The molecule has 0 spiro atoms. The Hall–Kier alpha value is -1.51. The summed E-state index contributed by atoms with van der Waals surface area (Å²) < 4.78 is 0. The molecule has 0 fully saturated rings.